The molecule has 2 atom stereocenters. The lowest BCUT2D eigenvalue weighted by Gasteiger charge is -2.53. The van der Waals surface area contributed by atoms with Crippen molar-refractivity contribution in [3.05, 3.63) is 17.2 Å². The number of rotatable bonds is 4. The average Bonchev–Trinajstić information content (AvgIpc) is 2.82. The summed E-state index contributed by atoms with van der Waals surface area (Å²) in [7, 11) is 0. The Labute approximate surface area is 128 Å². The molecule has 1 fully saturated rings. The van der Waals surface area contributed by atoms with E-state index in [0.717, 1.165) is 32.5 Å². The number of nitrogens with zero attached hydrogens (tertiary/aromatic N) is 2. The van der Waals surface area contributed by atoms with Gasteiger partial charge in [-0.15, -0.1) is 0 Å². The highest BCUT2D eigenvalue weighted by Gasteiger charge is 2.51. The lowest BCUT2D eigenvalue weighted by Crippen LogP contribution is -2.52. The van der Waals surface area contributed by atoms with Crippen LogP contribution in [0.5, 0.6) is 0 Å². The molecular weight excluding hydrogens is 262 g/mol. The van der Waals surface area contributed by atoms with Gasteiger partial charge in [-0.05, 0) is 13.3 Å². The maximum absolute atomic E-state index is 5.92. The minimum absolute atomic E-state index is 0.193. The number of fused-ring (bicyclic) bond motifs is 1. The molecule has 0 saturated heterocycles. The number of ether oxygens (including phenoxy) is 1. The van der Waals surface area contributed by atoms with E-state index < -0.39 is 0 Å². The first-order valence-electron chi connectivity index (χ1n) is 8.39. The molecule has 0 radical (unpaired) electrons. The second-order valence-corrected chi connectivity index (χ2v) is 7.33. The predicted molar refractivity (Wildman–Crippen MR) is 84.6 cm³/mol. The Morgan fingerprint density at radius 2 is 2.19 bits per heavy atom. The molecule has 4 heteroatoms. The fraction of sp³-hybridized carbons (Fsp3) is 0.824. The molecule has 1 aliphatic heterocycles. The number of hydrogen-bond donors (Lipinski definition) is 1. The second kappa shape index (κ2) is 5.40. The molecule has 0 bridgehead atoms. The smallest absolute Gasteiger partial charge is 0.112 e. The van der Waals surface area contributed by atoms with E-state index in [0.29, 0.717) is 18.1 Å². The third-order valence-electron chi connectivity index (χ3n) is 5.27. The SMILES string of the molecule is CCOC1CC(n2c(C(C)C)nc3c2CCNC3)C1(C)C. The molecule has 3 rings (SSSR count). The zero-order chi connectivity index (χ0) is 15.2. The number of hydrogen-bond acceptors (Lipinski definition) is 3. The van der Waals surface area contributed by atoms with Crippen molar-refractivity contribution in [2.75, 3.05) is 13.2 Å². The van der Waals surface area contributed by atoms with E-state index in [2.05, 4.69) is 44.5 Å². The van der Waals surface area contributed by atoms with Crippen LogP contribution in [0.2, 0.25) is 0 Å². The van der Waals surface area contributed by atoms with Crippen LogP contribution >= 0.6 is 0 Å². The van der Waals surface area contributed by atoms with Crippen LogP contribution in [-0.2, 0) is 17.7 Å². The summed E-state index contributed by atoms with van der Waals surface area (Å²) in [5, 5.41) is 3.44. The van der Waals surface area contributed by atoms with E-state index >= 15 is 0 Å². The summed E-state index contributed by atoms with van der Waals surface area (Å²) in [5.74, 6) is 1.73. The lowest BCUT2D eigenvalue weighted by molar-refractivity contribution is -0.129. The summed E-state index contributed by atoms with van der Waals surface area (Å²) < 4.78 is 8.49. The topological polar surface area (TPSA) is 39.1 Å². The van der Waals surface area contributed by atoms with E-state index in [9.17, 15) is 0 Å². The Balaban J connectivity index is 1.97. The first-order chi connectivity index (χ1) is 9.96. The summed E-state index contributed by atoms with van der Waals surface area (Å²) >= 11 is 0. The number of imidazole rings is 1. The fourth-order valence-electron chi connectivity index (χ4n) is 3.90. The van der Waals surface area contributed by atoms with Crippen molar-refractivity contribution in [2.45, 2.75) is 72.1 Å². The van der Waals surface area contributed by atoms with Crippen LogP contribution < -0.4 is 5.32 Å². The Kier molecular flexibility index (Phi) is 3.87. The number of aromatic nitrogens is 2. The normalized spacial score (nSPS) is 27.5. The first-order valence-corrected chi connectivity index (χ1v) is 8.39. The van der Waals surface area contributed by atoms with Gasteiger partial charge in [0.25, 0.3) is 0 Å². The van der Waals surface area contributed by atoms with E-state index in [1.165, 1.54) is 17.2 Å². The zero-order valence-corrected chi connectivity index (χ0v) is 14.1. The molecule has 0 aromatic carbocycles. The van der Waals surface area contributed by atoms with Gasteiger partial charge in [-0.25, -0.2) is 4.98 Å². The molecule has 1 aliphatic carbocycles. The van der Waals surface area contributed by atoms with E-state index in [1.54, 1.807) is 0 Å². The summed E-state index contributed by atoms with van der Waals surface area (Å²) in [6, 6.07) is 0.529. The molecule has 0 spiro atoms. The van der Waals surface area contributed by atoms with Crippen LogP contribution in [0.1, 0.15) is 70.2 Å². The highest BCUT2D eigenvalue weighted by molar-refractivity contribution is 5.25. The Morgan fingerprint density at radius 3 is 2.81 bits per heavy atom. The van der Waals surface area contributed by atoms with Crippen LogP contribution in [-0.4, -0.2) is 28.8 Å². The van der Waals surface area contributed by atoms with E-state index in [4.69, 9.17) is 9.72 Å². The molecule has 21 heavy (non-hydrogen) atoms. The average molecular weight is 291 g/mol. The van der Waals surface area contributed by atoms with Gasteiger partial charge in [0.2, 0.25) is 0 Å². The van der Waals surface area contributed by atoms with Gasteiger partial charge < -0.3 is 14.6 Å². The summed E-state index contributed by atoms with van der Waals surface area (Å²) in [6.07, 6.45) is 2.60. The van der Waals surface area contributed by atoms with Gasteiger partial charge in [-0.3, -0.25) is 0 Å². The molecule has 2 aliphatic rings. The zero-order valence-electron chi connectivity index (χ0n) is 14.1. The minimum Gasteiger partial charge on any atom is -0.378 e. The van der Waals surface area contributed by atoms with Crippen LogP contribution in [0.15, 0.2) is 0 Å². The molecule has 0 amide bonds. The second-order valence-electron chi connectivity index (χ2n) is 7.33. The molecule has 118 valence electrons. The quantitative estimate of drug-likeness (QED) is 0.927. The van der Waals surface area contributed by atoms with Crippen LogP contribution in [0.25, 0.3) is 0 Å². The van der Waals surface area contributed by atoms with Crippen molar-refractivity contribution in [2.24, 2.45) is 5.41 Å². The third-order valence-corrected chi connectivity index (χ3v) is 5.27. The van der Waals surface area contributed by atoms with Crippen molar-refractivity contribution in [1.29, 1.82) is 0 Å². The molecule has 2 heterocycles. The molecule has 4 nitrogen and oxygen atoms in total. The van der Waals surface area contributed by atoms with Crippen LogP contribution in [0.4, 0.5) is 0 Å². The summed E-state index contributed by atoms with van der Waals surface area (Å²) in [6.45, 7) is 14.1. The van der Waals surface area contributed by atoms with Gasteiger partial charge in [-0.1, -0.05) is 27.7 Å². The standard InChI is InChI=1S/C17H29N3O/c1-6-21-15-9-14(17(15,4)5)20-13-7-8-18-10-12(13)19-16(20)11(2)3/h11,14-15,18H,6-10H2,1-5H3. The highest BCUT2D eigenvalue weighted by atomic mass is 16.5. The molecule has 1 saturated carbocycles. The van der Waals surface area contributed by atoms with Crippen molar-refractivity contribution >= 4 is 0 Å². The van der Waals surface area contributed by atoms with Crippen molar-refractivity contribution in [1.82, 2.24) is 14.9 Å². The third kappa shape index (κ3) is 2.33. The van der Waals surface area contributed by atoms with Crippen molar-refractivity contribution in [3.8, 4) is 0 Å². The molecule has 1 N–H and O–H groups in total. The maximum atomic E-state index is 5.92. The first kappa shape index (κ1) is 15.0. The summed E-state index contributed by atoms with van der Waals surface area (Å²) in [5.41, 5.74) is 2.92. The van der Waals surface area contributed by atoms with Crippen LogP contribution in [0.3, 0.4) is 0 Å². The fourth-order valence-corrected chi connectivity index (χ4v) is 3.90. The van der Waals surface area contributed by atoms with E-state index in [1.807, 2.05) is 0 Å². The van der Waals surface area contributed by atoms with Gasteiger partial charge in [0.05, 0.1) is 11.8 Å². The van der Waals surface area contributed by atoms with Crippen molar-refractivity contribution < 1.29 is 4.74 Å². The van der Waals surface area contributed by atoms with Gasteiger partial charge in [0.1, 0.15) is 5.82 Å². The van der Waals surface area contributed by atoms with Gasteiger partial charge >= 0.3 is 0 Å². The molecule has 1 aromatic rings. The molecule has 2 unspecified atom stereocenters. The van der Waals surface area contributed by atoms with E-state index in [-0.39, 0.29) is 5.41 Å². The lowest BCUT2D eigenvalue weighted by atomic mass is 9.64. The predicted octanol–water partition coefficient (Wildman–Crippen LogP) is 3.03. The van der Waals surface area contributed by atoms with Gasteiger partial charge in [0, 0.05) is 49.2 Å². The Bertz CT molecular complexity index is 518. The number of nitrogens with one attached hydrogen (secondary N) is 1. The molecular formula is C17H29N3O. The minimum atomic E-state index is 0.193. The molecule has 1 aromatic heterocycles. The maximum Gasteiger partial charge on any atom is 0.112 e. The Morgan fingerprint density at radius 1 is 1.43 bits per heavy atom. The largest absolute Gasteiger partial charge is 0.378 e. The highest BCUT2D eigenvalue weighted by Crippen LogP contribution is 2.52. The van der Waals surface area contributed by atoms with Gasteiger partial charge in [-0.2, -0.15) is 0 Å². The van der Waals surface area contributed by atoms with Crippen molar-refractivity contribution in [3.63, 3.8) is 0 Å². The van der Waals surface area contributed by atoms with Gasteiger partial charge in [0.15, 0.2) is 0 Å². The monoisotopic (exact) mass is 291 g/mol. The Hall–Kier alpha value is -0.870. The summed E-state index contributed by atoms with van der Waals surface area (Å²) in [4.78, 5) is 4.95. The van der Waals surface area contributed by atoms with Crippen LogP contribution in [0, 0.1) is 5.41 Å².